The summed E-state index contributed by atoms with van der Waals surface area (Å²) in [6.07, 6.45) is 1.65. The van der Waals surface area contributed by atoms with Crippen molar-refractivity contribution < 1.29 is 4.52 Å². The average Bonchev–Trinajstić information content (AvgIpc) is 2.89. The Morgan fingerprint density at radius 1 is 1.00 bits per heavy atom. The van der Waals surface area contributed by atoms with Crippen LogP contribution < -0.4 is 5.32 Å². The molecule has 0 bridgehead atoms. The Hall–Kier alpha value is -2.29. The van der Waals surface area contributed by atoms with Crippen LogP contribution in [0.2, 0.25) is 0 Å². The molecule has 0 amide bonds. The molecule has 17 heavy (non-hydrogen) atoms. The molecular formula is C14H12N2O. The first-order valence-electron chi connectivity index (χ1n) is 5.54. The van der Waals surface area contributed by atoms with Gasteiger partial charge >= 0.3 is 0 Å². The summed E-state index contributed by atoms with van der Waals surface area (Å²) in [7, 11) is 0. The predicted octanol–water partition coefficient (Wildman–Crippen LogP) is 3.44. The van der Waals surface area contributed by atoms with Gasteiger partial charge in [-0.2, -0.15) is 0 Å². The zero-order valence-electron chi connectivity index (χ0n) is 9.26. The Morgan fingerprint density at radius 3 is 2.71 bits per heavy atom. The van der Waals surface area contributed by atoms with E-state index in [1.807, 2.05) is 18.2 Å². The van der Waals surface area contributed by atoms with Crippen LogP contribution in [-0.2, 0) is 6.54 Å². The maximum atomic E-state index is 5.03. The van der Waals surface area contributed by atoms with E-state index in [4.69, 9.17) is 4.52 Å². The standard InChI is InChI=1S/C14H12N2O/c1-2-4-12-9-13(6-5-11(12)3-1)15-10-14-7-8-16-17-14/h1-9,15H,10H2. The van der Waals surface area contributed by atoms with Crippen LogP contribution in [0.1, 0.15) is 5.76 Å². The third-order valence-electron chi connectivity index (χ3n) is 2.71. The van der Waals surface area contributed by atoms with Crippen LogP contribution in [0.5, 0.6) is 0 Å². The summed E-state index contributed by atoms with van der Waals surface area (Å²) in [5.74, 6) is 0.832. The van der Waals surface area contributed by atoms with Gasteiger partial charge in [-0.05, 0) is 22.9 Å². The highest BCUT2D eigenvalue weighted by Crippen LogP contribution is 2.19. The Kier molecular flexibility index (Phi) is 2.50. The second kappa shape index (κ2) is 4.29. The first-order valence-corrected chi connectivity index (χ1v) is 5.54. The number of rotatable bonds is 3. The molecule has 0 aliphatic heterocycles. The van der Waals surface area contributed by atoms with Gasteiger partial charge in [-0.25, -0.2) is 0 Å². The third kappa shape index (κ3) is 2.13. The van der Waals surface area contributed by atoms with Crippen LogP contribution in [0.4, 0.5) is 5.69 Å². The van der Waals surface area contributed by atoms with Gasteiger partial charge < -0.3 is 9.84 Å². The SMILES string of the molecule is c1ccc2cc(NCc3ccno3)ccc2c1. The summed E-state index contributed by atoms with van der Waals surface area (Å²) < 4.78 is 5.03. The monoisotopic (exact) mass is 224 g/mol. The summed E-state index contributed by atoms with van der Waals surface area (Å²) in [5.41, 5.74) is 1.08. The number of hydrogen-bond acceptors (Lipinski definition) is 3. The lowest BCUT2D eigenvalue weighted by molar-refractivity contribution is 0.388. The van der Waals surface area contributed by atoms with Gasteiger partial charge in [-0.15, -0.1) is 0 Å². The van der Waals surface area contributed by atoms with Crippen LogP contribution in [-0.4, -0.2) is 5.16 Å². The minimum Gasteiger partial charge on any atom is -0.378 e. The number of nitrogens with one attached hydrogen (secondary N) is 1. The fourth-order valence-corrected chi connectivity index (χ4v) is 1.82. The highest BCUT2D eigenvalue weighted by atomic mass is 16.5. The molecule has 0 aliphatic carbocycles. The highest BCUT2D eigenvalue weighted by molar-refractivity contribution is 5.85. The fourth-order valence-electron chi connectivity index (χ4n) is 1.82. The van der Waals surface area contributed by atoms with Crippen molar-refractivity contribution >= 4 is 16.5 Å². The summed E-state index contributed by atoms with van der Waals surface area (Å²) in [6.45, 7) is 0.651. The van der Waals surface area contributed by atoms with E-state index < -0.39 is 0 Å². The van der Waals surface area contributed by atoms with Gasteiger partial charge in [-0.1, -0.05) is 35.5 Å². The van der Waals surface area contributed by atoms with E-state index in [-0.39, 0.29) is 0 Å². The van der Waals surface area contributed by atoms with Crippen LogP contribution in [0.15, 0.2) is 59.3 Å². The van der Waals surface area contributed by atoms with Crippen molar-refractivity contribution in [2.24, 2.45) is 0 Å². The Bertz CT molecular complexity index is 617. The molecule has 0 saturated carbocycles. The predicted molar refractivity (Wildman–Crippen MR) is 67.8 cm³/mol. The maximum Gasteiger partial charge on any atom is 0.155 e. The Balaban J connectivity index is 1.81. The lowest BCUT2D eigenvalue weighted by Crippen LogP contribution is -1.97. The molecule has 1 N–H and O–H groups in total. The van der Waals surface area contributed by atoms with Crippen molar-refractivity contribution in [2.45, 2.75) is 6.54 Å². The number of hydrogen-bond donors (Lipinski definition) is 1. The first-order chi connectivity index (χ1) is 8.42. The van der Waals surface area contributed by atoms with Crippen molar-refractivity contribution in [1.29, 1.82) is 0 Å². The minimum absolute atomic E-state index is 0.651. The van der Waals surface area contributed by atoms with Crippen LogP contribution in [0.25, 0.3) is 10.8 Å². The Morgan fingerprint density at radius 2 is 1.88 bits per heavy atom. The van der Waals surface area contributed by atoms with E-state index in [1.54, 1.807) is 6.20 Å². The van der Waals surface area contributed by atoms with Gasteiger partial charge in [0.15, 0.2) is 5.76 Å². The first kappa shape index (κ1) is 9.90. The highest BCUT2D eigenvalue weighted by Gasteiger charge is 1.98. The zero-order valence-corrected chi connectivity index (χ0v) is 9.26. The fraction of sp³-hybridized carbons (Fsp3) is 0.0714. The topological polar surface area (TPSA) is 38.1 Å². The second-order valence-electron chi connectivity index (χ2n) is 3.89. The molecule has 1 aromatic heterocycles. The van der Waals surface area contributed by atoms with Crippen LogP contribution in [0, 0.1) is 0 Å². The maximum absolute atomic E-state index is 5.03. The van der Waals surface area contributed by atoms with Crippen LogP contribution in [0.3, 0.4) is 0 Å². The van der Waals surface area contributed by atoms with Crippen molar-refractivity contribution in [3.8, 4) is 0 Å². The second-order valence-corrected chi connectivity index (χ2v) is 3.89. The number of anilines is 1. The zero-order chi connectivity index (χ0) is 11.5. The third-order valence-corrected chi connectivity index (χ3v) is 2.71. The Labute approximate surface area is 99.1 Å². The summed E-state index contributed by atoms with van der Waals surface area (Å²) in [4.78, 5) is 0. The van der Waals surface area contributed by atoms with E-state index in [1.165, 1.54) is 10.8 Å². The molecule has 0 fully saturated rings. The lowest BCUT2D eigenvalue weighted by Gasteiger charge is -2.05. The number of aromatic nitrogens is 1. The molecule has 3 rings (SSSR count). The molecule has 0 spiro atoms. The van der Waals surface area contributed by atoms with E-state index in [9.17, 15) is 0 Å². The average molecular weight is 224 g/mol. The van der Waals surface area contributed by atoms with Crippen molar-refractivity contribution in [3.05, 3.63) is 60.5 Å². The number of nitrogens with zero attached hydrogens (tertiary/aromatic N) is 1. The number of benzene rings is 2. The minimum atomic E-state index is 0.651. The molecule has 0 aliphatic rings. The molecule has 0 saturated heterocycles. The van der Waals surface area contributed by atoms with E-state index in [0.717, 1.165) is 11.4 Å². The van der Waals surface area contributed by atoms with Gasteiger partial charge in [0.1, 0.15) is 0 Å². The molecule has 0 radical (unpaired) electrons. The molecule has 0 atom stereocenters. The van der Waals surface area contributed by atoms with Gasteiger partial charge in [0, 0.05) is 11.8 Å². The molecule has 2 aromatic carbocycles. The van der Waals surface area contributed by atoms with E-state index >= 15 is 0 Å². The molecule has 3 aromatic rings. The molecule has 0 unspecified atom stereocenters. The van der Waals surface area contributed by atoms with Gasteiger partial charge in [0.2, 0.25) is 0 Å². The van der Waals surface area contributed by atoms with Gasteiger partial charge in [0.25, 0.3) is 0 Å². The molecule has 3 heteroatoms. The quantitative estimate of drug-likeness (QED) is 0.740. The molecule has 3 nitrogen and oxygen atoms in total. The van der Waals surface area contributed by atoms with Crippen molar-refractivity contribution in [2.75, 3.05) is 5.32 Å². The summed E-state index contributed by atoms with van der Waals surface area (Å²) in [5, 5.41) is 9.45. The summed E-state index contributed by atoms with van der Waals surface area (Å²) >= 11 is 0. The number of fused-ring (bicyclic) bond motifs is 1. The molecule has 84 valence electrons. The van der Waals surface area contributed by atoms with E-state index in [0.29, 0.717) is 6.54 Å². The van der Waals surface area contributed by atoms with Crippen LogP contribution >= 0.6 is 0 Å². The summed E-state index contributed by atoms with van der Waals surface area (Å²) in [6, 6.07) is 16.5. The van der Waals surface area contributed by atoms with Crippen molar-refractivity contribution in [3.63, 3.8) is 0 Å². The smallest absolute Gasteiger partial charge is 0.155 e. The van der Waals surface area contributed by atoms with E-state index in [2.05, 4.69) is 40.8 Å². The molecular weight excluding hydrogens is 212 g/mol. The van der Waals surface area contributed by atoms with Crippen molar-refractivity contribution in [1.82, 2.24) is 5.16 Å². The normalized spacial score (nSPS) is 10.6. The molecule has 1 heterocycles. The largest absolute Gasteiger partial charge is 0.378 e. The van der Waals surface area contributed by atoms with Gasteiger partial charge in [-0.3, -0.25) is 0 Å². The van der Waals surface area contributed by atoms with Gasteiger partial charge in [0.05, 0.1) is 12.7 Å². The lowest BCUT2D eigenvalue weighted by atomic mass is 10.1.